The van der Waals surface area contributed by atoms with E-state index < -0.39 is 10.0 Å². The molecule has 5 heteroatoms. The van der Waals surface area contributed by atoms with Crippen LogP contribution >= 0.6 is 0 Å². The average Bonchev–Trinajstić information content (AvgIpc) is 2.50. The van der Waals surface area contributed by atoms with Crippen molar-refractivity contribution in [3.8, 4) is 0 Å². The molecule has 0 aliphatic heterocycles. The molecular formula is C16H21NO3S. The highest BCUT2D eigenvalue weighted by Gasteiger charge is 2.25. The topological polar surface area (TPSA) is 57.6 Å². The van der Waals surface area contributed by atoms with Gasteiger partial charge >= 0.3 is 0 Å². The maximum Gasteiger partial charge on any atom is 0.243 e. The molecule has 0 saturated heterocycles. The summed E-state index contributed by atoms with van der Waals surface area (Å²) < 4.78 is 27.1. The van der Waals surface area contributed by atoms with Crippen LogP contribution in [-0.2, 0) is 10.0 Å². The summed E-state index contributed by atoms with van der Waals surface area (Å²) in [6.07, 6.45) is 1.69. The van der Waals surface area contributed by atoms with Gasteiger partial charge in [0.05, 0.1) is 11.5 Å². The molecule has 0 aliphatic carbocycles. The van der Waals surface area contributed by atoms with E-state index in [-0.39, 0.29) is 13.2 Å². The van der Waals surface area contributed by atoms with Gasteiger partial charge in [0.1, 0.15) is 0 Å². The van der Waals surface area contributed by atoms with Crippen LogP contribution in [0.25, 0.3) is 10.8 Å². The van der Waals surface area contributed by atoms with Crippen LogP contribution in [0.2, 0.25) is 0 Å². The van der Waals surface area contributed by atoms with Crippen LogP contribution in [0.4, 0.5) is 0 Å². The summed E-state index contributed by atoms with van der Waals surface area (Å²) in [5.41, 5.74) is 0. The first-order valence-corrected chi connectivity index (χ1v) is 8.64. The van der Waals surface area contributed by atoms with Gasteiger partial charge in [-0.1, -0.05) is 49.7 Å². The second-order valence-electron chi connectivity index (χ2n) is 4.96. The van der Waals surface area contributed by atoms with Crippen LogP contribution in [0.3, 0.4) is 0 Å². The van der Waals surface area contributed by atoms with Gasteiger partial charge in [0.15, 0.2) is 0 Å². The largest absolute Gasteiger partial charge is 0.395 e. The number of hydrogen-bond acceptors (Lipinski definition) is 3. The van der Waals surface area contributed by atoms with Gasteiger partial charge in [-0.2, -0.15) is 4.31 Å². The van der Waals surface area contributed by atoms with E-state index in [2.05, 4.69) is 0 Å². The summed E-state index contributed by atoms with van der Waals surface area (Å²) in [6, 6.07) is 12.7. The van der Waals surface area contributed by atoms with Crippen molar-refractivity contribution < 1.29 is 13.5 Å². The lowest BCUT2D eigenvalue weighted by Crippen LogP contribution is -2.34. The highest BCUT2D eigenvalue weighted by molar-refractivity contribution is 7.89. The highest BCUT2D eigenvalue weighted by atomic mass is 32.2. The van der Waals surface area contributed by atoms with Crippen molar-refractivity contribution in [3.05, 3.63) is 42.5 Å². The third-order valence-corrected chi connectivity index (χ3v) is 5.43. The molecule has 0 unspecified atom stereocenters. The molecule has 0 amide bonds. The van der Waals surface area contributed by atoms with Crippen LogP contribution in [-0.4, -0.2) is 37.5 Å². The normalized spacial score (nSPS) is 12.1. The third-order valence-electron chi connectivity index (χ3n) is 3.48. The highest BCUT2D eigenvalue weighted by Crippen LogP contribution is 2.25. The van der Waals surface area contributed by atoms with Gasteiger partial charge in [0, 0.05) is 18.5 Å². The second kappa shape index (κ2) is 7.02. The first-order valence-electron chi connectivity index (χ1n) is 7.20. The number of nitrogens with zero attached hydrogens (tertiary/aromatic N) is 1. The molecule has 0 aromatic heterocycles. The Labute approximate surface area is 126 Å². The standard InChI is InChI=1S/C16H21NO3S/c1-2-3-11-17(12-13-18)21(19,20)16-10-6-8-14-7-4-5-9-15(14)16/h4-10,18H,2-3,11-13H2,1H3. The summed E-state index contributed by atoms with van der Waals surface area (Å²) in [5.74, 6) is 0. The molecule has 114 valence electrons. The quantitative estimate of drug-likeness (QED) is 0.855. The van der Waals surface area contributed by atoms with E-state index in [9.17, 15) is 8.42 Å². The lowest BCUT2D eigenvalue weighted by atomic mass is 10.1. The van der Waals surface area contributed by atoms with E-state index in [1.165, 1.54) is 4.31 Å². The summed E-state index contributed by atoms with van der Waals surface area (Å²) in [4.78, 5) is 0.310. The van der Waals surface area contributed by atoms with Crippen molar-refractivity contribution >= 4 is 20.8 Å². The van der Waals surface area contributed by atoms with Gasteiger partial charge < -0.3 is 5.11 Å². The minimum absolute atomic E-state index is 0.131. The fraction of sp³-hybridized carbons (Fsp3) is 0.375. The first kappa shape index (κ1) is 15.9. The van der Waals surface area contributed by atoms with E-state index in [1.54, 1.807) is 12.1 Å². The number of fused-ring (bicyclic) bond motifs is 1. The molecule has 4 nitrogen and oxygen atoms in total. The molecule has 0 heterocycles. The molecule has 0 fully saturated rings. The van der Waals surface area contributed by atoms with Crippen LogP contribution in [0.15, 0.2) is 47.4 Å². The van der Waals surface area contributed by atoms with Gasteiger partial charge in [-0.15, -0.1) is 0 Å². The molecule has 1 N–H and O–H groups in total. The van der Waals surface area contributed by atoms with E-state index >= 15 is 0 Å². The van der Waals surface area contributed by atoms with E-state index in [0.29, 0.717) is 11.4 Å². The molecule has 0 atom stereocenters. The Hall–Kier alpha value is -1.43. The van der Waals surface area contributed by atoms with Crippen molar-refractivity contribution in [3.63, 3.8) is 0 Å². The summed E-state index contributed by atoms with van der Waals surface area (Å²) in [7, 11) is -3.59. The Morgan fingerprint density at radius 3 is 2.48 bits per heavy atom. The van der Waals surface area contributed by atoms with Crippen LogP contribution in [0.5, 0.6) is 0 Å². The zero-order valence-corrected chi connectivity index (χ0v) is 13.0. The van der Waals surface area contributed by atoms with Gasteiger partial charge in [-0.25, -0.2) is 8.42 Å². The SMILES string of the molecule is CCCCN(CCO)S(=O)(=O)c1cccc2ccccc12. The molecule has 2 aromatic carbocycles. The Morgan fingerprint density at radius 1 is 1.05 bits per heavy atom. The zero-order chi connectivity index (χ0) is 15.3. The van der Waals surface area contributed by atoms with Crippen molar-refractivity contribution in [2.45, 2.75) is 24.7 Å². The summed E-state index contributed by atoms with van der Waals surface area (Å²) >= 11 is 0. The average molecular weight is 307 g/mol. The van der Waals surface area contributed by atoms with Gasteiger partial charge in [-0.05, 0) is 17.9 Å². The van der Waals surface area contributed by atoms with Gasteiger partial charge in [0.25, 0.3) is 0 Å². The number of sulfonamides is 1. The van der Waals surface area contributed by atoms with Crippen LogP contribution in [0.1, 0.15) is 19.8 Å². The molecule has 2 rings (SSSR count). The Kier molecular flexibility index (Phi) is 5.33. The molecule has 0 saturated carbocycles. The maximum atomic E-state index is 12.9. The maximum absolute atomic E-state index is 12.9. The molecule has 0 spiro atoms. The van der Waals surface area contributed by atoms with Crippen molar-refractivity contribution in [1.82, 2.24) is 4.31 Å². The lowest BCUT2D eigenvalue weighted by molar-refractivity contribution is 0.252. The molecule has 2 aromatic rings. The number of aliphatic hydroxyl groups excluding tert-OH is 1. The number of benzene rings is 2. The number of aliphatic hydroxyl groups is 1. The Bertz CT molecular complexity index is 692. The summed E-state index contributed by atoms with van der Waals surface area (Å²) in [6.45, 7) is 2.41. The fourth-order valence-electron chi connectivity index (χ4n) is 2.36. The molecule has 0 bridgehead atoms. The van der Waals surface area contributed by atoms with Crippen molar-refractivity contribution in [1.29, 1.82) is 0 Å². The van der Waals surface area contributed by atoms with E-state index in [0.717, 1.165) is 23.6 Å². The van der Waals surface area contributed by atoms with Gasteiger partial charge in [0.2, 0.25) is 10.0 Å². The molecule has 21 heavy (non-hydrogen) atoms. The smallest absolute Gasteiger partial charge is 0.243 e. The molecule has 0 aliphatic rings. The van der Waals surface area contributed by atoms with Gasteiger partial charge in [-0.3, -0.25) is 0 Å². The number of hydrogen-bond donors (Lipinski definition) is 1. The Morgan fingerprint density at radius 2 is 1.76 bits per heavy atom. The monoisotopic (exact) mass is 307 g/mol. The predicted molar refractivity (Wildman–Crippen MR) is 84.7 cm³/mol. The first-order chi connectivity index (χ1) is 10.1. The molecule has 0 radical (unpaired) electrons. The third kappa shape index (κ3) is 3.43. The van der Waals surface area contributed by atoms with Crippen molar-refractivity contribution in [2.75, 3.05) is 19.7 Å². The lowest BCUT2D eigenvalue weighted by Gasteiger charge is -2.22. The van der Waals surface area contributed by atoms with Crippen LogP contribution in [0, 0.1) is 0 Å². The second-order valence-corrected chi connectivity index (χ2v) is 6.86. The van der Waals surface area contributed by atoms with E-state index in [4.69, 9.17) is 5.11 Å². The number of unbranched alkanes of at least 4 members (excludes halogenated alkanes) is 1. The molecular weight excluding hydrogens is 286 g/mol. The summed E-state index contributed by atoms with van der Waals surface area (Å²) in [5, 5.41) is 10.8. The van der Waals surface area contributed by atoms with Crippen LogP contribution < -0.4 is 0 Å². The minimum Gasteiger partial charge on any atom is -0.395 e. The zero-order valence-electron chi connectivity index (χ0n) is 12.2. The Balaban J connectivity index is 2.49. The number of rotatable bonds is 7. The van der Waals surface area contributed by atoms with Crippen molar-refractivity contribution in [2.24, 2.45) is 0 Å². The van der Waals surface area contributed by atoms with E-state index in [1.807, 2.05) is 37.3 Å². The fourth-order valence-corrected chi connectivity index (χ4v) is 4.04. The predicted octanol–water partition coefficient (Wildman–Crippen LogP) is 2.62. The minimum atomic E-state index is -3.59.